The van der Waals surface area contributed by atoms with Crippen molar-refractivity contribution in [1.29, 1.82) is 0 Å². The van der Waals surface area contributed by atoms with Gasteiger partial charge in [0.05, 0.1) is 18.4 Å². The highest BCUT2D eigenvalue weighted by molar-refractivity contribution is 5.89. The zero-order valence-electron chi connectivity index (χ0n) is 18.0. The number of pyridine rings is 1. The molecule has 0 unspecified atom stereocenters. The first-order valence-electron chi connectivity index (χ1n) is 10.6. The molecule has 1 saturated heterocycles. The topological polar surface area (TPSA) is 63.8 Å². The van der Waals surface area contributed by atoms with Crippen LogP contribution in [-0.2, 0) is 7.05 Å². The molecular formula is C24H27N7. The molecule has 1 aromatic carbocycles. The smallest absolute Gasteiger partial charge is 0.130 e. The van der Waals surface area contributed by atoms with Gasteiger partial charge in [-0.25, -0.2) is 4.98 Å². The molecule has 4 aromatic rings. The number of likely N-dealkylation sites (tertiary alicyclic amines) is 1. The Hall–Kier alpha value is -3.45. The molecule has 1 fully saturated rings. The molecule has 5 rings (SSSR count). The maximum Gasteiger partial charge on any atom is 0.130 e. The monoisotopic (exact) mass is 413 g/mol. The average Bonchev–Trinajstić information content (AvgIpc) is 3.43. The van der Waals surface area contributed by atoms with Crippen LogP contribution in [0.1, 0.15) is 24.4 Å². The van der Waals surface area contributed by atoms with Crippen LogP contribution in [0, 0.1) is 0 Å². The van der Waals surface area contributed by atoms with E-state index in [0.717, 1.165) is 64.9 Å². The first-order valence-corrected chi connectivity index (χ1v) is 10.6. The number of benzene rings is 1. The van der Waals surface area contributed by atoms with Gasteiger partial charge in [-0.2, -0.15) is 10.2 Å². The van der Waals surface area contributed by atoms with Gasteiger partial charge in [-0.05, 0) is 56.1 Å². The number of hydrogen-bond acceptors (Lipinski definition) is 5. The highest BCUT2D eigenvalue weighted by Gasteiger charge is 2.19. The zero-order chi connectivity index (χ0) is 21.4. The molecule has 0 radical (unpaired) electrons. The van der Waals surface area contributed by atoms with Gasteiger partial charge in [0.15, 0.2) is 0 Å². The third-order valence-electron chi connectivity index (χ3n) is 6.05. The molecule has 1 aliphatic heterocycles. The van der Waals surface area contributed by atoms with Crippen LogP contribution in [0.2, 0.25) is 0 Å². The van der Waals surface area contributed by atoms with Crippen molar-refractivity contribution in [2.75, 3.05) is 25.5 Å². The number of nitrogens with zero attached hydrogens (tertiary/aromatic N) is 6. The summed E-state index contributed by atoms with van der Waals surface area (Å²) in [5.41, 5.74) is 4.02. The molecule has 0 atom stereocenters. The van der Waals surface area contributed by atoms with Crippen LogP contribution < -0.4 is 5.32 Å². The summed E-state index contributed by atoms with van der Waals surface area (Å²) in [7, 11) is 4.10. The summed E-state index contributed by atoms with van der Waals surface area (Å²) in [5.74, 6) is 0.771. The minimum Gasteiger partial charge on any atom is -0.340 e. The summed E-state index contributed by atoms with van der Waals surface area (Å²) < 4.78 is 3.90. The van der Waals surface area contributed by atoms with Crippen LogP contribution >= 0.6 is 0 Å². The van der Waals surface area contributed by atoms with Gasteiger partial charge in [0.25, 0.3) is 0 Å². The van der Waals surface area contributed by atoms with Crippen molar-refractivity contribution in [3.05, 3.63) is 67.4 Å². The molecule has 7 heteroatoms. The van der Waals surface area contributed by atoms with Crippen LogP contribution in [0.4, 0.5) is 5.82 Å². The Kier molecular flexibility index (Phi) is 5.03. The Balaban J connectivity index is 1.33. The van der Waals surface area contributed by atoms with Crippen molar-refractivity contribution < 1.29 is 0 Å². The molecule has 7 nitrogen and oxygen atoms in total. The molecule has 1 aliphatic rings. The normalized spacial score (nSPS) is 15.4. The van der Waals surface area contributed by atoms with Gasteiger partial charge in [-0.15, -0.1) is 0 Å². The maximum atomic E-state index is 4.59. The number of nitrogens with one attached hydrogen (secondary N) is 1. The summed E-state index contributed by atoms with van der Waals surface area (Å²) in [6.45, 7) is 6.44. The summed E-state index contributed by atoms with van der Waals surface area (Å²) in [6.07, 6.45) is 12.0. The van der Waals surface area contributed by atoms with E-state index in [4.69, 9.17) is 0 Å². The van der Waals surface area contributed by atoms with E-state index in [-0.39, 0.29) is 0 Å². The van der Waals surface area contributed by atoms with Gasteiger partial charge in [0.2, 0.25) is 0 Å². The lowest BCUT2D eigenvalue weighted by Crippen LogP contribution is -2.31. The van der Waals surface area contributed by atoms with Crippen LogP contribution in [-0.4, -0.2) is 49.6 Å². The van der Waals surface area contributed by atoms with E-state index in [2.05, 4.69) is 74.2 Å². The van der Waals surface area contributed by atoms with Gasteiger partial charge in [0, 0.05) is 47.8 Å². The highest BCUT2D eigenvalue weighted by Crippen LogP contribution is 2.27. The Bertz CT molecular complexity index is 1230. The van der Waals surface area contributed by atoms with Gasteiger partial charge < -0.3 is 10.2 Å². The van der Waals surface area contributed by atoms with Crippen molar-refractivity contribution in [3.8, 4) is 11.1 Å². The average molecular weight is 414 g/mol. The van der Waals surface area contributed by atoms with Gasteiger partial charge in [-0.1, -0.05) is 18.7 Å². The molecule has 4 heterocycles. The number of aryl methyl sites for hydroxylation is 1. The van der Waals surface area contributed by atoms with Crippen molar-refractivity contribution in [3.63, 3.8) is 0 Å². The largest absolute Gasteiger partial charge is 0.340 e. The standard InChI is InChI=1S/C24H27N7/c1-17(21-13-27-31(16-21)23-6-8-29(2)9-7-23)28-24-11-20-10-18(4-5-19(20)12-25-24)22-14-26-30(3)15-22/h4-5,10-16,23H,1,6-9H2,2-3H3,(H,25,28). The Labute approximate surface area is 182 Å². The van der Waals surface area contributed by atoms with Crippen LogP contribution in [0.15, 0.2) is 61.8 Å². The molecule has 0 bridgehead atoms. The second-order valence-corrected chi connectivity index (χ2v) is 8.38. The summed E-state index contributed by atoms with van der Waals surface area (Å²) in [6, 6.07) is 8.88. The molecule has 0 aliphatic carbocycles. The zero-order valence-corrected chi connectivity index (χ0v) is 18.0. The van der Waals surface area contributed by atoms with E-state index >= 15 is 0 Å². The van der Waals surface area contributed by atoms with Gasteiger partial charge in [0.1, 0.15) is 5.82 Å². The van der Waals surface area contributed by atoms with E-state index in [1.807, 2.05) is 36.5 Å². The first-order chi connectivity index (χ1) is 15.0. The fraction of sp³-hybridized carbons (Fsp3) is 0.292. The molecule has 0 amide bonds. The summed E-state index contributed by atoms with van der Waals surface area (Å²) in [5, 5.41) is 14.4. The van der Waals surface area contributed by atoms with Crippen molar-refractivity contribution in [2.45, 2.75) is 18.9 Å². The van der Waals surface area contributed by atoms with E-state index in [1.54, 1.807) is 0 Å². The molecular weight excluding hydrogens is 386 g/mol. The summed E-state index contributed by atoms with van der Waals surface area (Å²) >= 11 is 0. The lowest BCUT2D eigenvalue weighted by molar-refractivity contribution is 0.212. The molecule has 0 saturated carbocycles. The maximum absolute atomic E-state index is 4.59. The second kappa shape index (κ2) is 8.00. The minimum atomic E-state index is 0.461. The van der Waals surface area contributed by atoms with Gasteiger partial charge >= 0.3 is 0 Å². The molecule has 158 valence electrons. The number of aromatic nitrogens is 5. The fourth-order valence-corrected chi connectivity index (χ4v) is 4.14. The Morgan fingerprint density at radius 1 is 0.968 bits per heavy atom. The molecule has 0 spiro atoms. The second-order valence-electron chi connectivity index (χ2n) is 8.38. The number of piperidine rings is 1. The van der Waals surface area contributed by atoms with E-state index in [1.165, 1.54) is 0 Å². The van der Waals surface area contributed by atoms with Crippen LogP contribution in [0.3, 0.4) is 0 Å². The minimum absolute atomic E-state index is 0.461. The number of rotatable bonds is 5. The Morgan fingerprint density at radius 3 is 2.58 bits per heavy atom. The number of hydrogen-bond donors (Lipinski definition) is 1. The lowest BCUT2D eigenvalue weighted by Gasteiger charge is -2.28. The van der Waals surface area contributed by atoms with E-state index in [0.29, 0.717) is 6.04 Å². The molecule has 31 heavy (non-hydrogen) atoms. The fourth-order valence-electron chi connectivity index (χ4n) is 4.14. The molecule has 1 N–H and O–H groups in total. The van der Waals surface area contributed by atoms with Crippen molar-refractivity contribution in [1.82, 2.24) is 29.4 Å². The van der Waals surface area contributed by atoms with Crippen LogP contribution in [0.25, 0.3) is 27.6 Å². The number of anilines is 1. The molecule has 3 aromatic heterocycles. The number of fused-ring (bicyclic) bond motifs is 1. The van der Waals surface area contributed by atoms with Crippen molar-refractivity contribution in [2.24, 2.45) is 7.05 Å². The van der Waals surface area contributed by atoms with E-state index in [9.17, 15) is 0 Å². The third-order valence-corrected chi connectivity index (χ3v) is 6.05. The van der Waals surface area contributed by atoms with E-state index < -0.39 is 0 Å². The first kappa shape index (κ1) is 19.5. The van der Waals surface area contributed by atoms with Gasteiger partial charge in [-0.3, -0.25) is 9.36 Å². The van der Waals surface area contributed by atoms with Crippen LogP contribution in [0.5, 0.6) is 0 Å². The summed E-state index contributed by atoms with van der Waals surface area (Å²) in [4.78, 5) is 6.93. The predicted molar refractivity (Wildman–Crippen MR) is 125 cm³/mol. The lowest BCUT2D eigenvalue weighted by atomic mass is 10.0. The quantitative estimate of drug-likeness (QED) is 0.532. The Morgan fingerprint density at radius 2 is 1.81 bits per heavy atom. The predicted octanol–water partition coefficient (Wildman–Crippen LogP) is 4.18. The SMILES string of the molecule is C=C(Nc1cc2cc(-c3cnn(C)c3)ccc2cn1)c1cnn(C2CCN(C)CC2)c1. The van der Waals surface area contributed by atoms with Crippen molar-refractivity contribution >= 4 is 22.3 Å². The third kappa shape index (κ3) is 4.09. The highest BCUT2D eigenvalue weighted by atomic mass is 15.3.